The van der Waals surface area contributed by atoms with Crippen molar-refractivity contribution in [3.05, 3.63) is 53.6 Å². The zero-order chi connectivity index (χ0) is 19.4. The number of nitrogens with zero attached hydrogens (tertiary/aromatic N) is 1. The molecular weight excluding hydrogens is 360 g/mol. The maximum Gasteiger partial charge on any atom is 0.261 e. The van der Waals surface area contributed by atoms with Gasteiger partial charge in [0.05, 0.1) is 10.6 Å². The van der Waals surface area contributed by atoms with Crippen molar-refractivity contribution >= 4 is 27.3 Å². The van der Waals surface area contributed by atoms with Crippen LogP contribution in [0.3, 0.4) is 0 Å². The lowest BCUT2D eigenvalue weighted by atomic mass is 10.1. The molecule has 0 bridgehead atoms. The summed E-state index contributed by atoms with van der Waals surface area (Å²) in [6, 6.07) is 12.3. The summed E-state index contributed by atoms with van der Waals surface area (Å²) in [6.45, 7) is 4.70. The monoisotopic (exact) mass is 386 g/mol. The highest BCUT2D eigenvalue weighted by Gasteiger charge is 2.22. The van der Waals surface area contributed by atoms with E-state index in [4.69, 9.17) is 0 Å². The molecule has 3 rings (SSSR count). The molecule has 0 atom stereocenters. The minimum absolute atomic E-state index is 0.0934. The zero-order valence-corrected chi connectivity index (χ0v) is 16.7. The number of benzene rings is 2. The van der Waals surface area contributed by atoms with Crippen LogP contribution >= 0.6 is 0 Å². The van der Waals surface area contributed by atoms with Gasteiger partial charge in [-0.1, -0.05) is 31.5 Å². The predicted molar refractivity (Wildman–Crippen MR) is 109 cm³/mol. The van der Waals surface area contributed by atoms with Gasteiger partial charge in [-0.05, 0) is 61.6 Å². The number of carbonyl (C=O) groups excluding carboxylic acids is 1. The summed E-state index contributed by atoms with van der Waals surface area (Å²) in [5, 5.41) is 0. The van der Waals surface area contributed by atoms with E-state index in [9.17, 15) is 13.2 Å². The first kappa shape index (κ1) is 19.4. The SMILES string of the molecule is CCCc1ccc(S(=O)(=O)Nc2ccc(C)c(N3CCCCC3=O)c2)cc1. The van der Waals surface area contributed by atoms with Crippen LogP contribution in [0.4, 0.5) is 11.4 Å². The number of anilines is 2. The first-order chi connectivity index (χ1) is 12.9. The van der Waals surface area contributed by atoms with Gasteiger partial charge < -0.3 is 4.90 Å². The van der Waals surface area contributed by atoms with E-state index in [0.29, 0.717) is 18.7 Å². The normalized spacial score (nSPS) is 15.0. The van der Waals surface area contributed by atoms with Crippen LogP contribution in [-0.2, 0) is 21.2 Å². The molecule has 1 amide bonds. The van der Waals surface area contributed by atoms with Crippen molar-refractivity contribution in [2.75, 3.05) is 16.2 Å². The molecule has 1 saturated heterocycles. The molecule has 0 unspecified atom stereocenters. The van der Waals surface area contributed by atoms with Crippen LogP contribution in [0.2, 0.25) is 0 Å². The lowest BCUT2D eigenvalue weighted by Crippen LogP contribution is -2.35. The maximum atomic E-state index is 12.7. The first-order valence-electron chi connectivity index (χ1n) is 9.43. The Labute approximate surface area is 161 Å². The van der Waals surface area contributed by atoms with E-state index in [0.717, 1.165) is 42.5 Å². The number of nitrogens with one attached hydrogen (secondary N) is 1. The molecule has 0 saturated carbocycles. The van der Waals surface area contributed by atoms with Gasteiger partial charge >= 0.3 is 0 Å². The van der Waals surface area contributed by atoms with Gasteiger partial charge in [0.2, 0.25) is 5.91 Å². The second-order valence-corrected chi connectivity index (χ2v) is 8.69. The van der Waals surface area contributed by atoms with Crippen LogP contribution in [-0.4, -0.2) is 20.9 Å². The van der Waals surface area contributed by atoms with Crippen LogP contribution in [0.5, 0.6) is 0 Å². The predicted octanol–water partition coefficient (Wildman–Crippen LogP) is 4.27. The number of hydrogen-bond acceptors (Lipinski definition) is 3. The standard InChI is InChI=1S/C21H26N2O3S/c1-3-6-17-9-12-19(13-10-17)27(25,26)22-18-11-8-16(2)20(15-18)23-14-5-4-7-21(23)24/h8-13,15,22H,3-7,14H2,1-2H3. The molecule has 0 radical (unpaired) electrons. The molecule has 1 heterocycles. The van der Waals surface area contributed by atoms with Crippen molar-refractivity contribution in [2.24, 2.45) is 0 Å². The van der Waals surface area contributed by atoms with Crippen molar-refractivity contribution < 1.29 is 13.2 Å². The molecule has 1 aliphatic rings. The van der Waals surface area contributed by atoms with E-state index in [2.05, 4.69) is 11.6 Å². The Morgan fingerprint density at radius 1 is 1.07 bits per heavy atom. The molecule has 144 valence electrons. The summed E-state index contributed by atoms with van der Waals surface area (Å²) in [5.41, 5.74) is 3.32. The number of sulfonamides is 1. The molecule has 1 aliphatic heterocycles. The highest BCUT2D eigenvalue weighted by Crippen LogP contribution is 2.29. The summed E-state index contributed by atoms with van der Waals surface area (Å²) < 4.78 is 28.1. The molecule has 27 heavy (non-hydrogen) atoms. The zero-order valence-electron chi connectivity index (χ0n) is 15.9. The number of piperidine rings is 1. The average molecular weight is 387 g/mol. The molecule has 6 heteroatoms. The van der Waals surface area contributed by atoms with Crippen LogP contribution in [0.25, 0.3) is 0 Å². The maximum absolute atomic E-state index is 12.7. The van der Waals surface area contributed by atoms with Gasteiger partial charge in [-0.2, -0.15) is 0 Å². The molecule has 1 fully saturated rings. The number of amides is 1. The van der Waals surface area contributed by atoms with E-state index in [1.54, 1.807) is 29.2 Å². The van der Waals surface area contributed by atoms with Gasteiger partial charge in [0, 0.05) is 18.7 Å². The van der Waals surface area contributed by atoms with Gasteiger partial charge in [-0.3, -0.25) is 9.52 Å². The number of rotatable bonds is 6. The minimum Gasteiger partial charge on any atom is -0.312 e. The van der Waals surface area contributed by atoms with E-state index in [1.807, 2.05) is 25.1 Å². The van der Waals surface area contributed by atoms with Gasteiger partial charge in [0.15, 0.2) is 0 Å². The Balaban J connectivity index is 1.84. The third-order valence-electron chi connectivity index (χ3n) is 4.85. The van der Waals surface area contributed by atoms with Gasteiger partial charge in [-0.15, -0.1) is 0 Å². The number of aryl methyl sites for hydroxylation is 2. The fourth-order valence-corrected chi connectivity index (χ4v) is 4.41. The van der Waals surface area contributed by atoms with E-state index in [-0.39, 0.29) is 10.8 Å². The number of hydrogen-bond donors (Lipinski definition) is 1. The Hall–Kier alpha value is -2.34. The third kappa shape index (κ3) is 4.50. The summed E-state index contributed by atoms with van der Waals surface area (Å²) in [4.78, 5) is 14.2. The van der Waals surface area contributed by atoms with Crippen molar-refractivity contribution in [1.29, 1.82) is 0 Å². The molecule has 0 aliphatic carbocycles. The van der Waals surface area contributed by atoms with Crippen LogP contribution in [0.15, 0.2) is 47.4 Å². The van der Waals surface area contributed by atoms with Gasteiger partial charge in [-0.25, -0.2) is 8.42 Å². The van der Waals surface area contributed by atoms with Crippen molar-refractivity contribution in [2.45, 2.75) is 50.8 Å². The van der Waals surface area contributed by atoms with Crippen molar-refractivity contribution in [3.8, 4) is 0 Å². The first-order valence-corrected chi connectivity index (χ1v) is 10.9. The fourth-order valence-electron chi connectivity index (χ4n) is 3.36. The highest BCUT2D eigenvalue weighted by molar-refractivity contribution is 7.92. The van der Waals surface area contributed by atoms with Crippen LogP contribution in [0, 0.1) is 6.92 Å². The Morgan fingerprint density at radius 2 is 1.81 bits per heavy atom. The molecule has 2 aromatic rings. The third-order valence-corrected chi connectivity index (χ3v) is 6.25. The molecule has 1 N–H and O–H groups in total. The Kier molecular flexibility index (Phi) is 5.85. The van der Waals surface area contributed by atoms with E-state index < -0.39 is 10.0 Å². The van der Waals surface area contributed by atoms with Crippen molar-refractivity contribution in [3.63, 3.8) is 0 Å². The van der Waals surface area contributed by atoms with E-state index >= 15 is 0 Å². The largest absolute Gasteiger partial charge is 0.312 e. The molecular formula is C21H26N2O3S. The van der Waals surface area contributed by atoms with Crippen molar-refractivity contribution in [1.82, 2.24) is 0 Å². The number of carbonyl (C=O) groups is 1. The lowest BCUT2D eigenvalue weighted by Gasteiger charge is -2.28. The smallest absolute Gasteiger partial charge is 0.261 e. The fraction of sp³-hybridized carbons (Fsp3) is 0.381. The molecule has 2 aromatic carbocycles. The quantitative estimate of drug-likeness (QED) is 0.806. The summed E-state index contributed by atoms with van der Waals surface area (Å²) in [7, 11) is -3.67. The lowest BCUT2D eigenvalue weighted by molar-refractivity contribution is -0.119. The topological polar surface area (TPSA) is 66.5 Å². The van der Waals surface area contributed by atoms with E-state index in [1.165, 1.54) is 0 Å². The van der Waals surface area contributed by atoms with Gasteiger partial charge in [0.25, 0.3) is 10.0 Å². The molecule has 5 nitrogen and oxygen atoms in total. The van der Waals surface area contributed by atoms with Crippen LogP contribution in [0.1, 0.15) is 43.7 Å². The van der Waals surface area contributed by atoms with Gasteiger partial charge in [0.1, 0.15) is 0 Å². The summed E-state index contributed by atoms with van der Waals surface area (Å²) >= 11 is 0. The summed E-state index contributed by atoms with van der Waals surface area (Å²) in [5.74, 6) is 0.0934. The highest BCUT2D eigenvalue weighted by atomic mass is 32.2. The second-order valence-electron chi connectivity index (χ2n) is 7.00. The second kappa shape index (κ2) is 8.13. The average Bonchev–Trinajstić information content (AvgIpc) is 2.64. The summed E-state index contributed by atoms with van der Waals surface area (Å²) in [6.07, 6.45) is 4.37. The Bertz CT molecular complexity index is 921. The minimum atomic E-state index is -3.67. The van der Waals surface area contributed by atoms with Crippen LogP contribution < -0.4 is 9.62 Å². The Morgan fingerprint density at radius 3 is 2.48 bits per heavy atom. The molecule has 0 aromatic heterocycles. The molecule has 0 spiro atoms.